The van der Waals surface area contributed by atoms with Gasteiger partial charge in [-0.1, -0.05) is 78.9 Å². The van der Waals surface area contributed by atoms with Crippen LogP contribution in [0.3, 0.4) is 0 Å². The van der Waals surface area contributed by atoms with Crippen molar-refractivity contribution in [1.29, 1.82) is 0 Å². The fourth-order valence-corrected chi connectivity index (χ4v) is 3.43. The molecule has 0 aliphatic carbocycles. The average Bonchev–Trinajstić information content (AvgIpc) is 3.13. The first-order chi connectivity index (χ1) is 11.7. The molecule has 1 aromatic heterocycles. The van der Waals surface area contributed by atoms with Gasteiger partial charge in [-0.25, -0.2) is 0 Å². The van der Waals surface area contributed by atoms with Gasteiger partial charge in [0, 0.05) is 12.6 Å². The maximum absolute atomic E-state index is 12.9. The molecule has 0 N–H and O–H groups in total. The lowest BCUT2D eigenvalue weighted by atomic mass is 9.95. The van der Waals surface area contributed by atoms with Crippen molar-refractivity contribution >= 4 is 22.4 Å². The molecule has 1 amide bonds. The second-order valence-corrected chi connectivity index (χ2v) is 6.48. The van der Waals surface area contributed by atoms with Gasteiger partial charge in [0.2, 0.25) is 11.0 Å². The van der Waals surface area contributed by atoms with Crippen molar-refractivity contribution in [3.05, 3.63) is 66.2 Å². The number of amides is 1. The molecule has 1 atom stereocenters. The van der Waals surface area contributed by atoms with E-state index in [1.165, 1.54) is 11.3 Å². The molecule has 122 valence electrons. The lowest BCUT2D eigenvalue weighted by molar-refractivity contribution is -0.119. The van der Waals surface area contributed by atoms with E-state index in [4.69, 9.17) is 0 Å². The summed E-state index contributed by atoms with van der Waals surface area (Å²) in [5.41, 5.74) is 2.04. The predicted octanol–water partition coefficient (Wildman–Crippen LogP) is 4.36. The van der Waals surface area contributed by atoms with E-state index >= 15 is 0 Å². The number of carbonyl (C=O) groups excluding carboxylic acids is 1. The van der Waals surface area contributed by atoms with Crippen LogP contribution in [0.25, 0.3) is 10.6 Å². The molecule has 0 saturated carbocycles. The first-order valence-electron chi connectivity index (χ1n) is 7.92. The van der Waals surface area contributed by atoms with Gasteiger partial charge in [0.25, 0.3) is 0 Å². The standard InChI is InChI=1S/C19H19N3OS/c1-3-16(14-10-6-4-7-11-14)18(23)22(2)19-21-20-17(24-19)15-12-8-5-9-13-15/h4-13,16H,3H2,1-2H3/t16-/m1/s1. The molecule has 0 bridgehead atoms. The molecule has 0 radical (unpaired) electrons. The molecule has 0 spiro atoms. The summed E-state index contributed by atoms with van der Waals surface area (Å²) in [5, 5.41) is 9.86. The Morgan fingerprint density at radius 1 is 1.04 bits per heavy atom. The van der Waals surface area contributed by atoms with E-state index in [-0.39, 0.29) is 11.8 Å². The summed E-state index contributed by atoms with van der Waals surface area (Å²) in [6, 6.07) is 19.8. The number of likely N-dealkylation sites (N-methyl/N-ethyl adjacent to an activating group) is 1. The van der Waals surface area contributed by atoms with Crippen LogP contribution in [0.15, 0.2) is 60.7 Å². The van der Waals surface area contributed by atoms with E-state index in [9.17, 15) is 4.79 Å². The molecule has 5 heteroatoms. The zero-order chi connectivity index (χ0) is 16.9. The molecule has 2 aromatic carbocycles. The first-order valence-corrected chi connectivity index (χ1v) is 8.73. The van der Waals surface area contributed by atoms with Gasteiger partial charge in [-0.3, -0.25) is 9.69 Å². The number of aromatic nitrogens is 2. The van der Waals surface area contributed by atoms with Crippen molar-refractivity contribution in [2.75, 3.05) is 11.9 Å². The monoisotopic (exact) mass is 337 g/mol. The zero-order valence-electron chi connectivity index (χ0n) is 13.7. The minimum atomic E-state index is -0.166. The lowest BCUT2D eigenvalue weighted by Crippen LogP contribution is -2.31. The third kappa shape index (κ3) is 3.36. The maximum atomic E-state index is 12.9. The summed E-state index contributed by atoms with van der Waals surface area (Å²) >= 11 is 1.43. The Kier molecular flexibility index (Phi) is 5.01. The fourth-order valence-electron chi connectivity index (χ4n) is 2.61. The van der Waals surface area contributed by atoms with Crippen molar-refractivity contribution in [3.63, 3.8) is 0 Å². The summed E-state index contributed by atoms with van der Waals surface area (Å²) in [4.78, 5) is 14.5. The molecule has 0 unspecified atom stereocenters. The largest absolute Gasteiger partial charge is 0.289 e. The molecule has 24 heavy (non-hydrogen) atoms. The molecule has 3 rings (SSSR count). The maximum Gasteiger partial charge on any atom is 0.236 e. The van der Waals surface area contributed by atoms with Crippen LogP contribution in [-0.4, -0.2) is 23.2 Å². The Morgan fingerprint density at radius 2 is 1.67 bits per heavy atom. The molecular weight excluding hydrogens is 318 g/mol. The van der Waals surface area contributed by atoms with Crippen LogP contribution in [0, 0.1) is 0 Å². The molecule has 4 nitrogen and oxygen atoms in total. The van der Waals surface area contributed by atoms with Crippen molar-refractivity contribution in [2.24, 2.45) is 0 Å². The second-order valence-electron chi connectivity index (χ2n) is 5.52. The summed E-state index contributed by atoms with van der Waals surface area (Å²) in [6.45, 7) is 2.03. The number of benzene rings is 2. The third-order valence-electron chi connectivity index (χ3n) is 3.96. The Balaban J connectivity index is 1.82. The Morgan fingerprint density at radius 3 is 2.29 bits per heavy atom. The quantitative estimate of drug-likeness (QED) is 0.695. The van der Waals surface area contributed by atoms with E-state index in [0.717, 1.165) is 22.6 Å². The fraction of sp³-hybridized carbons (Fsp3) is 0.211. The molecule has 0 fully saturated rings. The highest BCUT2D eigenvalue weighted by Gasteiger charge is 2.25. The van der Waals surface area contributed by atoms with Crippen molar-refractivity contribution in [2.45, 2.75) is 19.3 Å². The number of hydrogen-bond donors (Lipinski definition) is 0. The van der Waals surface area contributed by atoms with Gasteiger partial charge < -0.3 is 0 Å². The Hall–Kier alpha value is -2.53. The van der Waals surface area contributed by atoms with Gasteiger partial charge >= 0.3 is 0 Å². The van der Waals surface area contributed by atoms with E-state index in [2.05, 4.69) is 10.2 Å². The highest BCUT2D eigenvalue weighted by molar-refractivity contribution is 7.18. The minimum absolute atomic E-state index is 0.0412. The summed E-state index contributed by atoms with van der Waals surface area (Å²) in [7, 11) is 1.77. The van der Waals surface area contributed by atoms with E-state index in [1.54, 1.807) is 11.9 Å². The number of anilines is 1. The summed E-state index contributed by atoms with van der Waals surface area (Å²) in [5.74, 6) is -0.125. The van der Waals surface area contributed by atoms with Crippen LogP contribution in [0.1, 0.15) is 24.8 Å². The van der Waals surface area contributed by atoms with E-state index in [1.807, 2.05) is 67.6 Å². The van der Waals surface area contributed by atoms with Gasteiger partial charge in [-0.15, -0.1) is 10.2 Å². The molecular formula is C19H19N3OS. The van der Waals surface area contributed by atoms with E-state index in [0.29, 0.717) is 5.13 Å². The van der Waals surface area contributed by atoms with Gasteiger partial charge in [0.15, 0.2) is 0 Å². The van der Waals surface area contributed by atoms with Crippen LogP contribution in [0.4, 0.5) is 5.13 Å². The van der Waals surface area contributed by atoms with Crippen molar-refractivity contribution in [3.8, 4) is 10.6 Å². The molecule has 0 aliphatic heterocycles. The van der Waals surface area contributed by atoms with E-state index < -0.39 is 0 Å². The molecule has 0 aliphatic rings. The lowest BCUT2D eigenvalue weighted by Gasteiger charge is -2.20. The van der Waals surface area contributed by atoms with Crippen molar-refractivity contribution in [1.82, 2.24) is 10.2 Å². The molecule has 1 heterocycles. The highest BCUT2D eigenvalue weighted by atomic mass is 32.1. The minimum Gasteiger partial charge on any atom is -0.289 e. The van der Waals surface area contributed by atoms with Gasteiger partial charge in [0.1, 0.15) is 5.01 Å². The van der Waals surface area contributed by atoms with Gasteiger partial charge in [-0.05, 0) is 12.0 Å². The average molecular weight is 337 g/mol. The number of rotatable bonds is 5. The zero-order valence-corrected chi connectivity index (χ0v) is 14.5. The van der Waals surface area contributed by atoms with Crippen molar-refractivity contribution < 1.29 is 4.79 Å². The highest BCUT2D eigenvalue weighted by Crippen LogP contribution is 2.30. The summed E-state index contributed by atoms with van der Waals surface area (Å²) < 4.78 is 0. The normalized spacial score (nSPS) is 11.9. The van der Waals surface area contributed by atoms with Gasteiger partial charge in [-0.2, -0.15) is 0 Å². The SMILES string of the molecule is CC[C@@H](C(=O)N(C)c1nnc(-c2ccccc2)s1)c1ccccc1. The van der Waals surface area contributed by atoms with Crippen LogP contribution in [0.5, 0.6) is 0 Å². The van der Waals surface area contributed by atoms with Crippen LogP contribution in [0.2, 0.25) is 0 Å². The topological polar surface area (TPSA) is 46.1 Å². The van der Waals surface area contributed by atoms with Crippen LogP contribution >= 0.6 is 11.3 Å². The Labute approximate surface area is 145 Å². The Bertz CT molecular complexity index is 802. The second kappa shape index (κ2) is 7.36. The van der Waals surface area contributed by atoms with Crippen LogP contribution in [-0.2, 0) is 4.79 Å². The smallest absolute Gasteiger partial charge is 0.236 e. The third-order valence-corrected chi connectivity index (χ3v) is 5.01. The van der Waals surface area contributed by atoms with Crippen LogP contribution < -0.4 is 4.90 Å². The van der Waals surface area contributed by atoms with Gasteiger partial charge in [0.05, 0.1) is 5.92 Å². The summed E-state index contributed by atoms with van der Waals surface area (Å²) in [6.07, 6.45) is 0.748. The predicted molar refractivity (Wildman–Crippen MR) is 98.2 cm³/mol. The molecule has 0 saturated heterocycles. The molecule has 3 aromatic rings. The number of carbonyl (C=O) groups is 1. The number of hydrogen-bond acceptors (Lipinski definition) is 4. The first kappa shape index (κ1) is 16.3. The number of nitrogens with zero attached hydrogens (tertiary/aromatic N) is 3.